The first kappa shape index (κ1) is 13.7. The van der Waals surface area contributed by atoms with Crippen molar-refractivity contribution < 1.29 is 20.1 Å². The molecule has 0 unspecified atom stereocenters. The number of thioether (sulfide) groups is 1. The summed E-state index contributed by atoms with van der Waals surface area (Å²) in [7, 11) is 0. The van der Waals surface area contributed by atoms with Crippen molar-refractivity contribution in [1.82, 2.24) is 0 Å². The molecule has 1 aromatic carbocycles. The van der Waals surface area contributed by atoms with E-state index in [4.69, 9.17) is 10.8 Å². The maximum Gasteiger partial charge on any atom is 0.321 e. The minimum atomic E-state index is -1.09. The van der Waals surface area contributed by atoms with Gasteiger partial charge in [0, 0.05) is 5.75 Å². The Morgan fingerprint density at radius 2 is 2.06 bits per heavy atom. The smallest absolute Gasteiger partial charge is 0.321 e. The highest BCUT2D eigenvalue weighted by atomic mass is 32.2. The molecule has 6 heteroatoms. The van der Waals surface area contributed by atoms with Gasteiger partial charge in [-0.2, -0.15) is 0 Å². The van der Waals surface area contributed by atoms with Gasteiger partial charge in [0.15, 0.2) is 11.5 Å². The summed E-state index contributed by atoms with van der Waals surface area (Å²) >= 11 is 1.12. The number of aryl methyl sites for hydroxylation is 1. The predicted octanol–water partition coefficient (Wildman–Crippen LogP) is 1.22. The van der Waals surface area contributed by atoms with Gasteiger partial charge in [-0.05, 0) is 31.0 Å². The Bertz CT molecular complexity index is 421. The lowest BCUT2D eigenvalue weighted by molar-refractivity contribution is -0.137. The average molecular weight is 257 g/mol. The second-order valence-corrected chi connectivity index (χ2v) is 4.80. The number of nitrogens with two attached hydrogens (primary N) is 1. The number of carbonyl (C=O) groups is 1. The largest absolute Gasteiger partial charge is 0.504 e. The van der Waals surface area contributed by atoms with Crippen LogP contribution in [0.5, 0.6) is 11.5 Å². The van der Waals surface area contributed by atoms with E-state index >= 15 is 0 Å². The summed E-state index contributed by atoms with van der Waals surface area (Å²) in [5, 5.41) is 27.8. The maximum absolute atomic E-state index is 10.6. The van der Waals surface area contributed by atoms with Crippen LogP contribution >= 0.6 is 11.8 Å². The van der Waals surface area contributed by atoms with Gasteiger partial charge in [-0.25, -0.2) is 0 Å². The van der Waals surface area contributed by atoms with Crippen molar-refractivity contribution in [1.29, 1.82) is 0 Å². The van der Waals surface area contributed by atoms with Crippen LogP contribution < -0.4 is 5.73 Å². The standard InChI is InChI=1S/C11H15NO4S/c1-5-3-8(13)9(14)10(6(5)2)17-4-7(12)11(15)16/h3,7,13-14H,4,12H2,1-2H3,(H,15,16)/t7-/m0/s1. The molecule has 0 aliphatic rings. The van der Waals surface area contributed by atoms with Crippen molar-refractivity contribution in [2.75, 3.05) is 5.75 Å². The quantitative estimate of drug-likeness (QED) is 0.477. The predicted molar refractivity (Wildman–Crippen MR) is 65.6 cm³/mol. The number of carboxylic acid groups (broad SMARTS) is 1. The van der Waals surface area contributed by atoms with E-state index in [0.29, 0.717) is 4.90 Å². The van der Waals surface area contributed by atoms with Gasteiger partial charge in [0.25, 0.3) is 0 Å². The monoisotopic (exact) mass is 257 g/mol. The summed E-state index contributed by atoms with van der Waals surface area (Å²) in [5.41, 5.74) is 7.01. The normalized spacial score (nSPS) is 12.4. The van der Waals surface area contributed by atoms with Gasteiger partial charge in [0.2, 0.25) is 0 Å². The molecule has 0 aromatic heterocycles. The molecular weight excluding hydrogens is 242 g/mol. The Balaban J connectivity index is 2.95. The lowest BCUT2D eigenvalue weighted by Crippen LogP contribution is -2.32. The molecule has 1 rings (SSSR count). The van der Waals surface area contributed by atoms with Crippen LogP contribution in [0.2, 0.25) is 0 Å². The molecule has 0 amide bonds. The zero-order chi connectivity index (χ0) is 13.2. The van der Waals surface area contributed by atoms with Crippen LogP contribution in [-0.4, -0.2) is 33.1 Å². The Hall–Kier alpha value is -1.40. The second kappa shape index (κ2) is 5.29. The molecule has 0 spiro atoms. The van der Waals surface area contributed by atoms with Crippen LogP contribution in [0, 0.1) is 13.8 Å². The highest BCUT2D eigenvalue weighted by Crippen LogP contribution is 2.40. The summed E-state index contributed by atoms with van der Waals surface area (Å²) in [5.74, 6) is -1.39. The third kappa shape index (κ3) is 3.04. The molecule has 1 atom stereocenters. The molecule has 0 aliphatic heterocycles. The fraction of sp³-hybridized carbons (Fsp3) is 0.364. The average Bonchev–Trinajstić information content (AvgIpc) is 2.26. The first-order chi connectivity index (χ1) is 7.84. The Kier molecular flexibility index (Phi) is 4.25. The van der Waals surface area contributed by atoms with E-state index in [9.17, 15) is 15.0 Å². The second-order valence-electron chi connectivity index (χ2n) is 3.77. The van der Waals surface area contributed by atoms with E-state index < -0.39 is 12.0 Å². The number of hydrogen-bond donors (Lipinski definition) is 4. The van der Waals surface area contributed by atoms with Crippen LogP contribution in [0.4, 0.5) is 0 Å². The zero-order valence-electron chi connectivity index (χ0n) is 9.60. The molecular formula is C11H15NO4S. The number of carboxylic acids is 1. The third-order valence-electron chi connectivity index (χ3n) is 2.47. The fourth-order valence-electron chi connectivity index (χ4n) is 1.28. The van der Waals surface area contributed by atoms with Crippen molar-refractivity contribution >= 4 is 17.7 Å². The van der Waals surface area contributed by atoms with Gasteiger partial charge in [0.1, 0.15) is 6.04 Å². The van der Waals surface area contributed by atoms with Gasteiger partial charge >= 0.3 is 5.97 Å². The minimum absolute atomic E-state index is 0.132. The number of aliphatic carboxylic acids is 1. The summed E-state index contributed by atoms with van der Waals surface area (Å²) < 4.78 is 0. The van der Waals surface area contributed by atoms with E-state index in [-0.39, 0.29) is 17.3 Å². The van der Waals surface area contributed by atoms with Crippen molar-refractivity contribution in [2.45, 2.75) is 24.8 Å². The van der Waals surface area contributed by atoms with Crippen molar-refractivity contribution in [3.63, 3.8) is 0 Å². The summed E-state index contributed by atoms with van der Waals surface area (Å²) in [6, 6.07) is 0.465. The van der Waals surface area contributed by atoms with Crippen molar-refractivity contribution in [3.05, 3.63) is 17.2 Å². The third-order valence-corrected chi connectivity index (χ3v) is 3.78. The van der Waals surface area contributed by atoms with Gasteiger partial charge in [0.05, 0.1) is 4.90 Å². The van der Waals surface area contributed by atoms with Crippen LogP contribution in [0.3, 0.4) is 0 Å². The van der Waals surface area contributed by atoms with Gasteiger partial charge in [-0.1, -0.05) is 0 Å². The van der Waals surface area contributed by atoms with Crippen LogP contribution in [0.15, 0.2) is 11.0 Å². The number of hydrogen-bond acceptors (Lipinski definition) is 5. The molecule has 94 valence electrons. The molecule has 0 radical (unpaired) electrons. The van der Waals surface area contributed by atoms with Crippen LogP contribution in [0.1, 0.15) is 11.1 Å². The number of aromatic hydroxyl groups is 2. The summed E-state index contributed by atoms with van der Waals surface area (Å²) in [6.45, 7) is 3.60. The molecule has 0 fully saturated rings. The van der Waals surface area contributed by atoms with Crippen LogP contribution in [-0.2, 0) is 4.79 Å². The van der Waals surface area contributed by atoms with E-state index in [2.05, 4.69) is 0 Å². The van der Waals surface area contributed by atoms with E-state index in [0.717, 1.165) is 22.9 Å². The summed E-state index contributed by atoms with van der Waals surface area (Å²) in [6.07, 6.45) is 0. The number of rotatable bonds is 4. The molecule has 17 heavy (non-hydrogen) atoms. The number of phenolic OH excluding ortho intramolecular Hbond substituents is 2. The molecule has 5 N–H and O–H groups in total. The molecule has 0 heterocycles. The van der Waals surface area contributed by atoms with E-state index in [1.165, 1.54) is 6.07 Å². The first-order valence-corrected chi connectivity index (χ1v) is 5.96. The molecule has 0 saturated heterocycles. The SMILES string of the molecule is Cc1cc(O)c(O)c(SC[C@H](N)C(=O)O)c1C. The number of benzene rings is 1. The topological polar surface area (TPSA) is 104 Å². The summed E-state index contributed by atoms with van der Waals surface area (Å²) in [4.78, 5) is 11.0. The molecule has 1 aromatic rings. The number of phenols is 2. The van der Waals surface area contributed by atoms with Crippen molar-refractivity contribution in [2.24, 2.45) is 5.73 Å². The molecule has 0 bridgehead atoms. The van der Waals surface area contributed by atoms with Crippen molar-refractivity contribution in [3.8, 4) is 11.5 Å². The van der Waals surface area contributed by atoms with Gasteiger partial charge in [-0.3, -0.25) is 4.79 Å². The Morgan fingerprint density at radius 1 is 1.47 bits per heavy atom. The molecule has 0 saturated carbocycles. The van der Waals surface area contributed by atoms with E-state index in [1.807, 2.05) is 0 Å². The zero-order valence-corrected chi connectivity index (χ0v) is 10.4. The Morgan fingerprint density at radius 3 is 2.59 bits per heavy atom. The lowest BCUT2D eigenvalue weighted by Gasteiger charge is -2.13. The van der Waals surface area contributed by atoms with Gasteiger partial charge < -0.3 is 21.1 Å². The highest BCUT2D eigenvalue weighted by Gasteiger charge is 2.17. The Labute approximate surface area is 103 Å². The fourth-order valence-corrected chi connectivity index (χ4v) is 2.38. The molecule has 0 aliphatic carbocycles. The lowest BCUT2D eigenvalue weighted by atomic mass is 10.1. The van der Waals surface area contributed by atoms with Gasteiger partial charge in [-0.15, -0.1) is 11.8 Å². The first-order valence-electron chi connectivity index (χ1n) is 4.98. The molecule has 5 nitrogen and oxygen atoms in total. The van der Waals surface area contributed by atoms with E-state index in [1.54, 1.807) is 13.8 Å². The highest BCUT2D eigenvalue weighted by molar-refractivity contribution is 7.99. The maximum atomic E-state index is 10.6. The minimum Gasteiger partial charge on any atom is -0.504 e. The van der Waals surface area contributed by atoms with Crippen LogP contribution in [0.25, 0.3) is 0 Å².